The van der Waals surface area contributed by atoms with Gasteiger partial charge in [0.1, 0.15) is 12.4 Å². The molecule has 7 heteroatoms. The van der Waals surface area contributed by atoms with Gasteiger partial charge in [0, 0.05) is 42.8 Å². The number of hydrogen-bond donors (Lipinski definition) is 1. The quantitative estimate of drug-likeness (QED) is 0.738. The number of rotatable bonds is 7. The minimum absolute atomic E-state index is 0.0492. The summed E-state index contributed by atoms with van der Waals surface area (Å²) in [5.74, 6) is 0.580. The van der Waals surface area contributed by atoms with Crippen LogP contribution >= 0.6 is 11.6 Å². The molecule has 6 nitrogen and oxygen atoms in total. The summed E-state index contributed by atoms with van der Waals surface area (Å²) in [6.45, 7) is 3.26. The van der Waals surface area contributed by atoms with E-state index in [0.717, 1.165) is 18.4 Å². The van der Waals surface area contributed by atoms with Gasteiger partial charge >= 0.3 is 0 Å². The summed E-state index contributed by atoms with van der Waals surface area (Å²) in [6, 6.07) is 15.2. The number of carbonyl (C=O) groups is 2. The molecule has 2 aromatic carbocycles. The van der Waals surface area contributed by atoms with Crippen molar-refractivity contribution in [1.82, 2.24) is 15.1 Å². The van der Waals surface area contributed by atoms with Gasteiger partial charge in [0.15, 0.2) is 0 Å². The fourth-order valence-electron chi connectivity index (χ4n) is 3.52. The SMILES string of the molecule is O=C(CN1CCN(C(=O)c2ccccc2OCc2ccccc2Cl)CC1)NC1CC1. The first-order chi connectivity index (χ1) is 14.6. The maximum absolute atomic E-state index is 13.1. The van der Waals surface area contributed by atoms with Crippen LogP contribution in [0.2, 0.25) is 5.02 Å². The molecule has 4 rings (SSSR count). The lowest BCUT2D eigenvalue weighted by molar-refractivity contribution is -0.122. The first-order valence-corrected chi connectivity index (χ1v) is 10.7. The van der Waals surface area contributed by atoms with Gasteiger partial charge in [-0.3, -0.25) is 14.5 Å². The Kier molecular flexibility index (Phi) is 6.55. The standard InChI is InChI=1S/C23H26ClN3O3/c24-20-7-3-1-5-17(20)16-30-21-8-4-2-6-19(21)23(29)27-13-11-26(12-14-27)15-22(28)25-18-9-10-18/h1-8,18H,9-16H2,(H,25,28). The molecular formula is C23H26ClN3O3. The number of amides is 2. The Morgan fingerprint density at radius 2 is 1.70 bits per heavy atom. The van der Waals surface area contributed by atoms with Crippen molar-refractivity contribution in [2.24, 2.45) is 0 Å². The van der Waals surface area contributed by atoms with Gasteiger partial charge in [-0.1, -0.05) is 41.9 Å². The highest BCUT2D eigenvalue weighted by Crippen LogP contribution is 2.24. The first-order valence-electron chi connectivity index (χ1n) is 10.4. The molecule has 2 amide bonds. The van der Waals surface area contributed by atoms with Crippen molar-refractivity contribution in [3.63, 3.8) is 0 Å². The van der Waals surface area contributed by atoms with Crippen LogP contribution in [0.5, 0.6) is 5.75 Å². The lowest BCUT2D eigenvalue weighted by Crippen LogP contribution is -2.51. The number of benzene rings is 2. The molecule has 1 N–H and O–H groups in total. The minimum atomic E-state index is -0.0492. The van der Waals surface area contributed by atoms with Crippen LogP contribution in [-0.4, -0.2) is 60.4 Å². The van der Waals surface area contributed by atoms with Crippen molar-refractivity contribution >= 4 is 23.4 Å². The largest absolute Gasteiger partial charge is 0.488 e. The molecule has 1 saturated carbocycles. The molecule has 1 saturated heterocycles. The molecule has 0 unspecified atom stereocenters. The van der Waals surface area contributed by atoms with Gasteiger partial charge in [0.25, 0.3) is 5.91 Å². The van der Waals surface area contributed by atoms with Gasteiger partial charge in [-0.05, 0) is 31.0 Å². The molecule has 1 aliphatic carbocycles. The molecule has 0 bridgehead atoms. The fraction of sp³-hybridized carbons (Fsp3) is 0.391. The Morgan fingerprint density at radius 1 is 1.00 bits per heavy atom. The molecule has 1 heterocycles. The number of carbonyl (C=O) groups excluding carboxylic acids is 2. The molecule has 0 radical (unpaired) electrons. The maximum atomic E-state index is 13.1. The highest BCUT2D eigenvalue weighted by molar-refractivity contribution is 6.31. The van der Waals surface area contributed by atoms with E-state index in [1.54, 1.807) is 6.07 Å². The van der Waals surface area contributed by atoms with E-state index in [4.69, 9.17) is 16.3 Å². The van der Waals surface area contributed by atoms with Crippen LogP contribution in [0.1, 0.15) is 28.8 Å². The molecule has 0 atom stereocenters. The summed E-state index contributed by atoms with van der Waals surface area (Å²) in [6.07, 6.45) is 2.18. The highest BCUT2D eigenvalue weighted by Gasteiger charge is 2.27. The Hall–Kier alpha value is -2.57. The minimum Gasteiger partial charge on any atom is -0.488 e. The topological polar surface area (TPSA) is 61.9 Å². The van der Waals surface area contributed by atoms with Crippen LogP contribution in [0, 0.1) is 0 Å². The van der Waals surface area contributed by atoms with Crippen molar-refractivity contribution < 1.29 is 14.3 Å². The molecule has 2 aromatic rings. The Balaban J connectivity index is 1.33. The van der Waals surface area contributed by atoms with Crippen LogP contribution in [-0.2, 0) is 11.4 Å². The van der Waals surface area contributed by atoms with Crippen LogP contribution in [0.3, 0.4) is 0 Å². The zero-order valence-corrected chi connectivity index (χ0v) is 17.6. The van der Waals surface area contributed by atoms with Gasteiger partial charge in [-0.25, -0.2) is 0 Å². The number of halogens is 1. The van der Waals surface area contributed by atoms with Crippen molar-refractivity contribution in [3.8, 4) is 5.75 Å². The average molecular weight is 428 g/mol. The molecule has 1 aliphatic heterocycles. The lowest BCUT2D eigenvalue weighted by Gasteiger charge is -2.34. The Bertz CT molecular complexity index is 908. The lowest BCUT2D eigenvalue weighted by atomic mass is 10.1. The molecule has 0 aromatic heterocycles. The van der Waals surface area contributed by atoms with Gasteiger partial charge in [0.2, 0.25) is 5.91 Å². The predicted molar refractivity (Wildman–Crippen MR) is 116 cm³/mol. The smallest absolute Gasteiger partial charge is 0.257 e. The Morgan fingerprint density at radius 3 is 2.43 bits per heavy atom. The maximum Gasteiger partial charge on any atom is 0.257 e. The normalized spacial score (nSPS) is 16.9. The molecule has 158 valence electrons. The third-order valence-electron chi connectivity index (χ3n) is 5.43. The predicted octanol–water partition coefficient (Wildman–Crippen LogP) is 2.96. The molecule has 30 heavy (non-hydrogen) atoms. The van der Waals surface area contributed by atoms with E-state index in [-0.39, 0.29) is 11.8 Å². The molecule has 2 fully saturated rings. The van der Waals surface area contributed by atoms with E-state index in [1.165, 1.54) is 0 Å². The van der Waals surface area contributed by atoms with Gasteiger partial charge < -0.3 is 15.0 Å². The Labute approximate surface area is 181 Å². The van der Waals surface area contributed by atoms with Gasteiger partial charge in [0.05, 0.1) is 12.1 Å². The summed E-state index contributed by atoms with van der Waals surface area (Å²) in [4.78, 5) is 29.0. The summed E-state index contributed by atoms with van der Waals surface area (Å²) in [5, 5.41) is 3.65. The summed E-state index contributed by atoms with van der Waals surface area (Å²) >= 11 is 6.21. The number of para-hydroxylation sites is 1. The second-order valence-electron chi connectivity index (χ2n) is 7.79. The van der Waals surface area contributed by atoms with Crippen molar-refractivity contribution in [1.29, 1.82) is 0 Å². The van der Waals surface area contributed by atoms with Gasteiger partial charge in [-0.15, -0.1) is 0 Å². The summed E-state index contributed by atoms with van der Waals surface area (Å²) < 4.78 is 5.94. The van der Waals surface area contributed by atoms with E-state index in [0.29, 0.717) is 61.7 Å². The zero-order chi connectivity index (χ0) is 20.9. The molecule has 2 aliphatic rings. The summed E-state index contributed by atoms with van der Waals surface area (Å²) in [5.41, 5.74) is 1.42. The van der Waals surface area contributed by atoms with E-state index >= 15 is 0 Å². The van der Waals surface area contributed by atoms with Crippen molar-refractivity contribution in [2.75, 3.05) is 32.7 Å². The third-order valence-corrected chi connectivity index (χ3v) is 5.80. The van der Waals surface area contributed by atoms with E-state index < -0.39 is 0 Å². The van der Waals surface area contributed by atoms with Crippen molar-refractivity contribution in [2.45, 2.75) is 25.5 Å². The number of hydrogen-bond acceptors (Lipinski definition) is 4. The fourth-order valence-corrected chi connectivity index (χ4v) is 3.71. The molecular weight excluding hydrogens is 402 g/mol. The van der Waals surface area contributed by atoms with Crippen LogP contribution in [0.25, 0.3) is 0 Å². The first kappa shape index (κ1) is 20.7. The zero-order valence-electron chi connectivity index (χ0n) is 16.9. The average Bonchev–Trinajstić information content (AvgIpc) is 3.57. The third kappa shape index (κ3) is 5.32. The number of piperazine rings is 1. The highest BCUT2D eigenvalue weighted by atomic mass is 35.5. The number of nitrogens with zero attached hydrogens (tertiary/aromatic N) is 2. The monoisotopic (exact) mass is 427 g/mol. The second kappa shape index (κ2) is 9.49. The van der Waals surface area contributed by atoms with E-state index in [1.807, 2.05) is 47.4 Å². The van der Waals surface area contributed by atoms with E-state index in [2.05, 4.69) is 10.2 Å². The van der Waals surface area contributed by atoms with Crippen LogP contribution in [0.4, 0.5) is 0 Å². The van der Waals surface area contributed by atoms with Gasteiger partial charge in [-0.2, -0.15) is 0 Å². The second-order valence-corrected chi connectivity index (χ2v) is 8.19. The summed E-state index contributed by atoms with van der Waals surface area (Å²) in [7, 11) is 0. The number of ether oxygens (including phenoxy) is 1. The number of nitrogens with one attached hydrogen (secondary N) is 1. The van der Waals surface area contributed by atoms with E-state index in [9.17, 15) is 9.59 Å². The van der Waals surface area contributed by atoms with Crippen molar-refractivity contribution in [3.05, 3.63) is 64.7 Å². The van der Waals surface area contributed by atoms with Crippen LogP contribution < -0.4 is 10.1 Å². The van der Waals surface area contributed by atoms with Crippen LogP contribution in [0.15, 0.2) is 48.5 Å². The molecule has 0 spiro atoms.